The first-order chi connectivity index (χ1) is 19.5. The SMILES string of the molecule is COC(ON=C(C(=O)N[C@@H]1C(=O)N2C(C(=O)O)=C(CCl)CS[C@@H]12)c1nsc(C(=O)OC(C)(C)C)n1)C(=O)OC(C)(C)C. The van der Waals surface area contributed by atoms with Gasteiger partial charge >= 0.3 is 24.2 Å². The van der Waals surface area contributed by atoms with E-state index in [-0.39, 0.29) is 28.2 Å². The highest BCUT2D eigenvalue weighted by Crippen LogP contribution is 2.40. The third-order valence-corrected chi connectivity index (χ3v) is 7.53. The van der Waals surface area contributed by atoms with E-state index in [2.05, 4.69) is 19.8 Å². The average molecular weight is 648 g/mol. The topological polar surface area (TPSA) is 196 Å². The summed E-state index contributed by atoms with van der Waals surface area (Å²) in [7, 11) is 1.15. The Labute approximate surface area is 254 Å². The number of hydrogen-bond donors (Lipinski definition) is 2. The second-order valence-electron chi connectivity index (χ2n) is 10.8. The second-order valence-corrected chi connectivity index (χ2v) is 12.9. The lowest BCUT2D eigenvalue weighted by molar-refractivity contribution is -0.199. The number of carboxylic acid groups (broad SMARTS) is 1. The van der Waals surface area contributed by atoms with E-state index in [1.165, 1.54) is 11.8 Å². The Bertz CT molecular complexity index is 1330. The summed E-state index contributed by atoms with van der Waals surface area (Å²) in [6.45, 7) is 9.85. The van der Waals surface area contributed by atoms with Crippen LogP contribution in [-0.4, -0.2) is 102 Å². The molecule has 1 aromatic heterocycles. The van der Waals surface area contributed by atoms with Gasteiger partial charge in [-0.2, -0.15) is 4.37 Å². The fourth-order valence-electron chi connectivity index (χ4n) is 3.54. The molecule has 1 aromatic rings. The van der Waals surface area contributed by atoms with Crippen molar-refractivity contribution >= 4 is 70.3 Å². The number of thioether (sulfide) groups is 1. The van der Waals surface area contributed by atoms with Crippen molar-refractivity contribution in [3.05, 3.63) is 22.1 Å². The number of rotatable bonds is 10. The second kappa shape index (κ2) is 12.9. The minimum atomic E-state index is -1.69. The summed E-state index contributed by atoms with van der Waals surface area (Å²) in [5.41, 5.74) is -2.19. The number of aromatic nitrogens is 2. The van der Waals surface area contributed by atoms with Gasteiger partial charge in [0.25, 0.3) is 11.8 Å². The van der Waals surface area contributed by atoms with E-state index < -0.39 is 64.3 Å². The maximum Gasteiger partial charge on any atom is 0.379 e. The number of carbonyl (C=O) groups is 5. The molecule has 0 aromatic carbocycles. The Morgan fingerprint density at radius 1 is 1.17 bits per heavy atom. The van der Waals surface area contributed by atoms with Crippen LogP contribution in [0.2, 0.25) is 0 Å². The third kappa shape index (κ3) is 7.76. The van der Waals surface area contributed by atoms with E-state index in [1.54, 1.807) is 41.5 Å². The van der Waals surface area contributed by atoms with Gasteiger partial charge in [0.15, 0.2) is 0 Å². The largest absolute Gasteiger partial charge is 0.477 e. The number of carboxylic acids is 1. The molecule has 0 saturated carbocycles. The molecule has 42 heavy (non-hydrogen) atoms. The van der Waals surface area contributed by atoms with Gasteiger partial charge in [0.2, 0.25) is 16.5 Å². The van der Waals surface area contributed by atoms with Crippen LogP contribution in [0.3, 0.4) is 0 Å². The monoisotopic (exact) mass is 647 g/mol. The molecule has 1 saturated heterocycles. The maximum atomic E-state index is 13.4. The lowest BCUT2D eigenvalue weighted by Gasteiger charge is -2.49. The summed E-state index contributed by atoms with van der Waals surface area (Å²) in [6, 6.07) is -1.15. The van der Waals surface area contributed by atoms with Crippen molar-refractivity contribution in [2.24, 2.45) is 5.16 Å². The smallest absolute Gasteiger partial charge is 0.379 e. The van der Waals surface area contributed by atoms with Crippen LogP contribution in [0.25, 0.3) is 0 Å². The molecule has 1 fully saturated rings. The molecule has 0 spiro atoms. The molecule has 18 heteroatoms. The predicted molar refractivity (Wildman–Crippen MR) is 150 cm³/mol. The van der Waals surface area contributed by atoms with Gasteiger partial charge in [-0.05, 0) is 58.6 Å². The highest BCUT2D eigenvalue weighted by atomic mass is 35.5. The number of fused-ring (bicyclic) bond motifs is 1. The molecule has 3 heterocycles. The van der Waals surface area contributed by atoms with Crippen molar-refractivity contribution in [3.8, 4) is 0 Å². The third-order valence-electron chi connectivity index (χ3n) is 5.18. The number of ether oxygens (including phenoxy) is 3. The van der Waals surface area contributed by atoms with E-state index >= 15 is 0 Å². The molecular weight excluding hydrogens is 618 g/mol. The molecule has 3 rings (SSSR count). The molecule has 1 unspecified atom stereocenters. The molecule has 15 nitrogen and oxygen atoms in total. The number of alkyl halides is 1. The molecule has 2 aliphatic heterocycles. The minimum absolute atomic E-state index is 0.0793. The lowest BCUT2D eigenvalue weighted by Crippen LogP contribution is -2.71. The first-order valence-corrected chi connectivity index (χ1v) is 14.7. The van der Waals surface area contributed by atoms with Crippen molar-refractivity contribution in [1.29, 1.82) is 0 Å². The number of β-lactam (4-membered cyclic amide) rings is 1. The van der Waals surface area contributed by atoms with Gasteiger partial charge in [0.1, 0.15) is 28.3 Å². The summed E-state index contributed by atoms with van der Waals surface area (Å²) in [5.74, 6) is -4.98. The van der Waals surface area contributed by atoms with E-state index in [9.17, 15) is 29.1 Å². The standard InChI is InChI=1S/C24H30ClN5O10S2/c1-23(2,3)38-20(35)16-27-14(29-42-16)11(28-40-22(37-7)21(36)39-24(4,5)6)15(31)26-12-17(32)30-13(19(33)34)10(8-25)9-41-18(12)30/h12,18,22H,8-9H2,1-7H3,(H,26,31)(H,33,34)/t12-,18+,22?/m1/s1. The summed E-state index contributed by atoms with van der Waals surface area (Å²) < 4.78 is 19.5. The summed E-state index contributed by atoms with van der Waals surface area (Å²) in [4.78, 5) is 73.4. The van der Waals surface area contributed by atoms with Gasteiger partial charge in [0, 0.05) is 18.7 Å². The molecule has 230 valence electrons. The van der Waals surface area contributed by atoms with E-state index in [0.717, 1.165) is 12.0 Å². The number of methoxy groups -OCH3 is 1. The lowest BCUT2D eigenvalue weighted by atomic mass is 10.0. The highest BCUT2D eigenvalue weighted by molar-refractivity contribution is 8.00. The zero-order chi connectivity index (χ0) is 31.6. The Morgan fingerprint density at radius 2 is 1.81 bits per heavy atom. The average Bonchev–Trinajstić information content (AvgIpc) is 3.36. The summed E-state index contributed by atoms with van der Waals surface area (Å²) >= 11 is 7.70. The van der Waals surface area contributed by atoms with Gasteiger partial charge in [-0.1, -0.05) is 5.16 Å². The van der Waals surface area contributed by atoms with Crippen molar-refractivity contribution in [1.82, 2.24) is 19.6 Å². The van der Waals surface area contributed by atoms with E-state index in [4.69, 9.17) is 30.6 Å². The molecule has 0 radical (unpaired) electrons. The van der Waals surface area contributed by atoms with Gasteiger partial charge in [0.05, 0.1) is 0 Å². The first-order valence-electron chi connectivity index (χ1n) is 12.3. The number of aliphatic carboxylic acids is 1. The van der Waals surface area contributed by atoms with Crippen molar-refractivity contribution in [2.45, 2.75) is 70.5 Å². The van der Waals surface area contributed by atoms with Crippen LogP contribution in [0.15, 0.2) is 16.4 Å². The van der Waals surface area contributed by atoms with Crippen LogP contribution in [0, 0.1) is 0 Å². The normalized spacial score (nSPS) is 19.9. The van der Waals surface area contributed by atoms with Gasteiger partial charge < -0.3 is 29.5 Å². The molecule has 3 atom stereocenters. The number of halogens is 1. The van der Waals surface area contributed by atoms with Crippen molar-refractivity contribution in [3.63, 3.8) is 0 Å². The Kier molecular flexibility index (Phi) is 10.2. The van der Waals surface area contributed by atoms with Gasteiger partial charge in [-0.3, -0.25) is 14.5 Å². The molecule has 2 N–H and O–H groups in total. The Morgan fingerprint density at radius 3 is 2.36 bits per heavy atom. The van der Waals surface area contributed by atoms with Crippen molar-refractivity contribution < 1.29 is 48.1 Å². The fraction of sp³-hybridized carbons (Fsp3) is 0.583. The molecule has 0 bridgehead atoms. The molecular formula is C24H30ClN5O10S2. The van der Waals surface area contributed by atoms with Crippen LogP contribution in [0.5, 0.6) is 0 Å². The zero-order valence-corrected chi connectivity index (χ0v) is 26.1. The number of nitrogens with one attached hydrogen (secondary N) is 1. The van der Waals surface area contributed by atoms with E-state index in [1.807, 2.05) is 0 Å². The summed E-state index contributed by atoms with van der Waals surface area (Å²) in [6.07, 6.45) is -1.69. The van der Waals surface area contributed by atoms with E-state index in [0.29, 0.717) is 17.1 Å². The number of oxime groups is 1. The van der Waals surface area contributed by atoms with Crippen LogP contribution >= 0.6 is 34.9 Å². The minimum Gasteiger partial charge on any atom is -0.477 e. The maximum absolute atomic E-state index is 13.4. The number of amides is 2. The Balaban J connectivity index is 1.89. The predicted octanol–water partition coefficient (Wildman–Crippen LogP) is 1.51. The van der Waals surface area contributed by atoms with Crippen LogP contribution in [0.4, 0.5) is 0 Å². The zero-order valence-electron chi connectivity index (χ0n) is 23.8. The van der Waals surface area contributed by atoms with Crippen molar-refractivity contribution in [2.75, 3.05) is 18.7 Å². The van der Waals surface area contributed by atoms with Gasteiger partial charge in [-0.25, -0.2) is 19.4 Å². The fourth-order valence-corrected chi connectivity index (χ4v) is 5.76. The molecule has 2 amide bonds. The van der Waals surface area contributed by atoms with Crippen LogP contribution < -0.4 is 5.32 Å². The Hall–Kier alpha value is -3.28. The first kappa shape index (κ1) is 33.2. The number of nitrogens with zero attached hydrogens (tertiary/aromatic N) is 4. The quantitative estimate of drug-likeness (QED) is 0.0926. The number of esters is 2. The number of hydrogen-bond acceptors (Lipinski definition) is 14. The van der Waals surface area contributed by atoms with Crippen LogP contribution in [0.1, 0.15) is 57.2 Å². The van der Waals surface area contributed by atoms with Crippen LogP contribution in [-0.2, 0) is 38.2 Å². The number of carbonyl (C=O) groups excluding carboxylic acids is 4. The highest BCUT2D eigenvalue weighted by Gasteiger charge is 2.54. The summed E-state index contributed by atoms with van der Waals surface area (Å²) in [5, 5.41) is 14.9. The molecule has 2 aliphatic rings. The molecule has 0 aliphatic carbocycles. The van der Waals surface area contributed by atoms with Gasteiger partial charge in [-0.15, -0.1) is 23.4 Å².